The molecule has 14 heteroatoms. The molecule has 278 valence electrons. The van der Waals surface area contributed by atoms with Crippen molar-refractivity contribution >= 4 is 5.97 Å². The Hall–Kier alpha value is -1.27. The number of aliphatic hydroxyl groups excluding tert-OH is 6. The summed E-state index contributed by atoms with van der Waals surface area (Å²) in [6, 6.07) is 0. The molecule has 0 unspecified atom stereocenters. The van der Waals surface area contributed by atoms with Crippen LogP contribution in [-0.2, 0) is 28.5 Å². The van der Waals surface area contributed by atoms with Gasteiger partial charge in [0.15, 0.2) is 12.6 Å². The molecule has 6 fully saturated rings. The molecule has 0 amide bonds. The molecule has 3 heterocycles. The monoisotopic (exact) mass is 698 g/mol. The topological polar surface area (TPSA) is 225 Å². The van der Waals surface area contributed by atoms with E-state index in [2.05, 4.69) is 6.92 Å². The van der Waals surface area contributed by atoms with Crippen LogP contribution in [-0.4, -0.2) is 139 Å². The molecule has 7 aliphatic rings. The van der Waals surface area contributed by atoms with E-state index in [1.165, 1.54) is 0 Å². The molecule has 4 saturated carbocycles. The van der Waals surface area contributed by atoms with Crippen molar-refractivity contribution in [1.29, 1.82) is 0 Å². The van der Waals surface area contributed by atoms with Gasteiger partial charge in [-0.25, -0.2) is 4.79 Å². The number of fused-ring (bicyclic) bond motifs is 5. The van der Waals surface area contributed by atoms with Gasteiger partial charge in [0.05, 0.1) is 42.7 Å². The Morgan fingerprint density at radius 3 is 2.33 bits per heavy atom. The van der Waals surface area contributed by atoms with E-state index in [0.717, 1.165) is 24.8 Å². The maximum atomic E-state index is 12.5. The predicted molar refractivity (Wildman–Crippen MR) is 167 cm³/mol. The Labute approximate surface area is 285 Å². The lowest BCUT2D eigenvalue weighted by Gasteiger charge is -2.66. The quantitative estimate of drug-likeness (QED) is 0.123. The van der Waals surface area contributed by atoms with Crippen LogP contribution in [0.1, 0.15) is 78.1 Å². The highest BCUT2D eigenvalue weighted by molar-refractivity contribution is 5.85. The number of carbonyl (C=O) groups excluding carboxylic acids is 1. The first kappa shape index (κ1) is 36.1. The first-order chi connectivity index (χ1) is 23.2. The van der Waals surface area contributed by atoms with E-state index in [1.807, 2.05) is 0 Å². The van der Waals surface area contributed by atoms with E-state index >= 15 is 0 Å². The number of aliphatic hydroxyl groups is 8. The van der Waals surface area contributed by atoms with Crippen molar-refractivity contribution in [2.75, 3.05) is 19.8 Å². The number of carbonyl (C=O) groups is 1. The van der Waals surface area contributed by atoms with Gasteiger partial charge in [0.1, 0.15) is 37.1 Å². The zero-order valence-corrected chi connectivity index (χ0v) is 28.3. The summed E-state index contributed by atoms with van der Waals surface area (Å²) in [6.07, 6.45) is -4.56. The molecule has 2 saturated heterocycles. The van der Waals surface area contributed by atoms with Crippen LogP contribution in [0, 0.1) is 28.6 Å². The van der Waals surface area contributed by atoms with Crippen molar-refractivity contribution in [3.63, 3.8) is 0 Å². The van der Waals surface area contributed by atoms with Gasteiger partial charge in [-0.15, -0.1) is 0 Å². The van der Waals surface area contributed by atoms with Crippen molar-refractivity contribution in [3.8, 4) is 0 Å². The summed E-state index contributed by atoms with van der Waals surface area (Å²) < 4.78 is 28.9. The summed E-state index contributed by atoms with van der Waals surface area (Å²) in [5, 5.41) is 87.1. The van der Waals surface area contributed by atoms with Crippen LogP contribution in [0.15, 0.2) is 11.6 Å². The molecular weight excluding hydrogens is 644 g/mol. The zero-order chi connectivity index (χ0) is 35.1. The van der Waals surface area contributed by atoms with E-state index in [9.17, 15) is 45.6 Å². The lowest BCUT2D eigenvalue weighted by atomic mass is 9.41. The standard InChI is InChI=1S/C35H54O14/c1-17-30(49-31-29(42)28(41)27(40)24(14-36)48-31)23(38)12-26(46-17)47-19-3-8-33(16-37)21-4-7-32(2)20(18-11-25(39)45-15-18)6-10-35(32,44)22(21)5-9-34(33,43)13-19/h11,17,19-24,26-31,36-38,40-44H,3-10,12-16H2,1-2H3/t17-,19+,20-,21+,22+,23-,24+,26+,27+,28-,29+,30-,31-,32-,33+,34+,35+/m1/s1. The Balaban J connectivity index is 1.000. The smallest absolute Gasteiger partial charge is 0.331 e. The van der Waals surface area contributed by atoms with Gasteiger partial charge in [-0.1, -0.05) is 6.92 Å². The summed E-state index contributed by atoms with van der Waals surface area (Å²) in [7, 11) is 0. The maximum Gasteiger partial charge on any atom is 0.331 e. The number of hydrogen-bond donors (Lipinski definition) is 8. The van der Waals surface area contributed by atoms with Crippen molar-refractivity contribution in [2.45, 2.75) is 151 Å². The zero-order valence-electron chi connectivity index (χ0n) is 28.3. The molecule has 3 aliphatic heterocycles. The molecule has 14 nitrogen and oxygen atoms in total. The van der Waals surface area contributed by atoms with Gasteiger partial charge in [-0.2, -0.15) is 0 Å². The van der Waals surface area contributed by atoms with Crippen LogP contribution in [0.3, 0.4) is 0 Å². The highest BCUT2D eigenvalue weighted by Crippen LogP contribution is 2.70. The molecule has 0 spiro atoms. The molecule has 17 atom stereocenters. The third-order valence-corrected chi connectivity index (χ3v) is 14.2. The summed E-state index contributed by atoms with van der Waals surface area (Å²) in [5.41, 5.74) is -2.49. The fourth-order valence-corrected chi connectivity index (χ4v) is 11.5. The van der Waals surface area contributed by atoms with Crippen LogP contribution >= 0.6 is 0 Å². The predicted octanol–water partition coefficient (Wildman–Crippen LogP) is -0.603. The highest BCUT2D eigenvalue weighted by Gasteiger charge is 2.71. The molecule has 0 aromatic carbocycles. The van der Waals surface area contributed by atoms with Gasteiger partial charge in [0.2, 0.25) is 0 Å². The largest absolute Gasteiger partial charge is 0.458 e. The first-order valence-corrected chi connectivity index (χ1v) is 18.1. The second-order valence-electron chi connectivity index (χ2n) is 16.3. The molecule has 0 radical (unpaired) electrons. The van der Waals surface area contributed by atoms with Gasteiger partial charge in [0, 0.05) is 29.7 Å². The Kier molecular flexibility index (Phi) is 9.57. The lowest BCUT2D eigenvalue weighted by molar-refractivity contribution is -0.346. The number of esters is 1. The summed E-state index contributed by atoms with van der Waals surface area (Å²) in [5.74, 6) is -0.460. The third-order valence-electron chi connectivity index (χ3n) is 14.2. The number of rotatable bonds is 7. The molecule has 8 N–H and O–H groups in total. The van der Waals surface area contributed by atoms with Crippen LogP contribution in [0.2, 0.25) is 0 Å². The van der Waals surface area contributed by atoms with Gasteiger partial charge in [-0.05, 0) is 81.6 Å². The lowest BCUT2D eigenvalue weighted by Crippen LogP contribution is -2.69. The number of cyclic esters (lactones) is 1. The van der Waals surface area contributed by atoms with Gasteiger partial charge < -0.3 is 64.5 Å². The van der Waals surface area contributed by atoms with Crippen LogP contribution in [0.5, 0.6) is 0 Å². The Bertz CT molecular complexity index is 1270. The average Bonchev–Trinajstić information content (AvgIpc) is 3.61. The van der Waals surface area contributed by atoms with E-state index in [1.54, 1.807) is 13.0 Å². The molecule has 4 aliphatic carbocycles. The van der Waals surface area contributed by atoms with E-state index in [4.69, 9.17) is 23.7 Å². The molecule has 7 rings (SSSR count). The number of ether oxygens (including phenoxy) is 5. The average molecular weight is 699 g/mol. The van der Waals surface area contributed by atoms with E-state index in [0.29, 0.717) is 32.1 Å². The normalized spacial score (nSPS) is 54.4. The second-order valence-corrected chi connectivity index (χ2v) is 16.3. The Morgan fingerprint density at radius 1 is 0.898 bits per heavy atom. The minimum absolute atomic E-state index is 0.0249. The summed E-state index contributed by atoms with van der Waals surface area (Å²) in [4.78, 5) is 11.9. The SMILES string of the molecule is C[C@H]1O[C@@H](O[C@H]2CC[C@]3(CO)[C@H]4CC[C@]5(C)[C@@H](C6=CC(=O)OC6)CC[C@]5(O)[C@H]4CC[C@]3(O)C2)C[C@@H](O)[C@@H]1O[C@H]1O[C@@H](CO)[C@H](O)[C@@H](O)[C@@H]1O. The minimum atomic E-state index is -1.62. The maximum absolute atomic E-state index is 12.5. The second kappa shape index (κ2) is 13.0. The minimum Gasteiger partial charge on any atom is -0.458 e. The van der Waals surface area contributed by atoms with Crippen LogP contribution in [0.25, 0.3) is 0 Å². The van der Waals surface area contributed by atoms with Crippen molar-refractivity contribution in [3.05, 3.63) is 11.6 Å². The van der Waals surface area contributed by atoms with Gasteiger partial charge in [-0.3, -0.25) is 0 Å². The Morgan fingerprint density at radius 2 is 1.65 bits per heavy atom. The third kappa shape index (κ3) is 5.56. The van der Waals surface area contributed by atoms with Crippen molar-refractivity contribution < 1.29 is 69.3 Å². The fourth-order valence-electron chi connectivity index (χ4n) is 11.5. The van der Waals surface area contributed by atoms with Crippen LogP contribution < -0.4 is 0 Å². The fraction of sp³-hybridized carbons (Fsp3) is 0.914. The highest BCUT2D eigenvalue weighted by atomic mass is 16.7. The summed E-state index contributed by atoms with van der Waals surface area (Å²) in [6.45, 7) is 3.28. The first-order valence-electron chi connectivity index (χ1n) is 18.1. The molecule has 49 heavy (non-hydrogen) atoms. The molecule has 0 aromatic heterocycles. The van der Waals surface area contributed by atoms with Crippen molar-refractivity contribution in [2.24, 2.45) is 28.6 Å². The molecule has 0 aromatic rings. The van der Waals surface area contributed by atoms with Crippen molar-refractivity contribution in [1.82, 2.24) is 0 Å². The van der Waals surface area contributed by atoms with Crippen LogP contribution in [0.4, 0.5) is 0 Å². The molecule has 0 bridgehead atoms. The van der Waals surface area contributed by atoms with E-state index < -0.39 is 90.1 Å². The van der Waals surface area contributed by atoms with Gasteiger partial charge >= 0.3 is 5.97 Å². The van der Waals surface area contributed by atoms with Gasteiger partial charge in [0.25, 0.3) is 0 Å². The molecular formula is C35H54O14. The van der Waals surface area contributed by atoms with E-state index in [-0.39, 0.29) is 49.8 Å². The number of hydrogen-bond acceptors (Lipinski definition) is 14. The summed E-state index contributed by atoms with van der Waals surface area (Å²) >= 11 is 0.